The van der Waals surface area contributed by atoms with Crippen molar-refractivity contribution in [2.24, 2.45) is 7.05 Å². The van der Waals surface area contributed by atoms with Crippen LogP contribution in [0.25, 0.3) is 17.1 Å². The fraction of sp³-hybridized carbons (Fsp3) is 0.158. The standard InChI is InChI=1S/C19H17N3O5S/c1-11(23)22(27-3)12-9-13(28-10-12)6-7-15(24)16-17(25)14-5-4-8-20-18(14)21(2)19(16)26/h4-10,25H,1-3H3/b7-6+. The molecule has 0 bridgehead atoms. The normalized spacial score (nSPS) is 11.2. The number of thiophene rings is 1. The average molecular weight is 399 g/mol. The minimum absolute atomic E-state index is 0.287. The molecule has 0 radical (unpaired) electrons. The van der Waals surface area contributed by atoms with E-state index in [1.807, 2.05) is 0 Å². The van der Waals surface area contributed by atoms with E-state index in [0.717, 1.165) is 5.06 Å². The SMILES string of the molecule is CON(C(C)=O)c1csc(/C=C/C(=O)c2c(O)c3cccnc3n(C)c2=O)c1. The van der Waals surface area contributed by atoms with Gasteiger partial charge in [0.1, 0.15) is 17.0 Å². The van der Waals surface area contributed by atoms with Crippen LogP contribution in [0.5, 0.6) is 5.75 Å². The minimum Gasteiger partial charge on any atom is -0.506 e. The first kappa shape index (κ1) is 19.5. The molecule has 1 N–H and O–H groups in total. The van der Waals surface area contributed by atoms with Crippen LogP contribution < -0.4 is 10.6 Å². The van der Waals surface area contributed by atoms with Crippen LogP contribution in [-0.2, 0) is 16.7 Å². The van der Waals surface area contributed by atoms with Gasteiger partial charge in [-0.25, -0.2) is 4.98 Å². The number of carbonyl (C=O) groups excluding carboxylic acids is 2. The van der Waals surface area contributed by atoms with Crippen molar-refractivity contribution in [3.8, 4) is 5.75 Å². The summed E-state index contributed by atoms with van der Waals surface area (Å²) in [4.78, 5) is 46.4. The van der Waals surface area contributed by atoms with Gasteiger partial charge in [-0.2, -0.15) is 5.06 Å². The van der Waals surface area contributed by atoms with Gasteiger partial charge < -0.3 is 5.11 Å². The number of anilines is 1. The van der Waals surface area contributed by atoms with Crippen molar-refractivity contribution < 1.29 is 19.5 Å². The lowest BCUT2D eigenvalue weighted by atomic mass is 10.1. The highest BCUT2D eigenvalue weighted by molar-refractivity contribution is 7.11. The monoisotopic (exact) mass is 399 g/mol. The molecule has 9 heteroatoms. The zero-order valence-corrected chi connectivity index (χ0v) is 16.2. The maximum absolute atomic E-state index is 12.6. The number of allylic oxidation sites excluding steroid dienone is 1. The Morgan fingerprint density at radius 2 is 2.14 bits per heavy atom. The van der Waals surface area contributed by atoms with Crippen LogP contribution in [0.4, 0.5) is 5.69 Å². The highest BCUT2D eigenvalue weighted by atomic mass is 32.1. The van der Waals surface area contributed by atoms with Gasteiger partial charge in [0.2, 0.25) is 5.91 Å². The van der Waals surface area contributed by atoms with Crippen molar-refractivity contribution >= 4 is 45.8 Å². The van der Waals surface area contributed by atoms with E-state index in [2.05, 4.69) is 4.98 Å². The molecule has 1 amide bonds. The summed E-state index contributed by atoms with van der Waals surface area (Å²) in [6.07, 6.45) is 4.22. The average Bonchev–Trinajstić information content (AvgIpc) is 3.13. The largest absolute Gasteiger partial charge is 0.506 e. The van der Waals surface area contributed by atoms with Crippen LogP contribution in [0.3, 0.4) is 0 Å². The van der Waals surface area contributed by atoms with Gasteiger partial charge in [-0.15, -0.1) is 11.3 Å². The van der Waals surface area contributed by atoms with Crippen LogP contribution >= 0.6 is 11.3 Å². The Bertz CT molecular complexity index is 1160. The number of ketones is 1. The molecule has 0 saturated carbocycles. The first-order valence-electron chi connectivity index (χ1n) is 8.17. The smallest absolute Gasteiger partial charge is 0.266 e. The van der Waals surface area contributed by atoms with Crippen LogP contribution in [0, 0.1) is 0 Å². The number of hydrogen-bond donors (Lipinski definition) is 1. The molecule has 0 aliphatic carbocycles. The molecule has 3 rings (SSSR count). The Morgan fingerprint density at radius 3 is 2.82 bits per heavy atom. The van der Waals surface area contributed by atoms with Crippen molar-refractivity contribution in [3.63, 3.8) is 0 Å². The second-order valence-electron chi connectivity index (χ2n) is 5.86. The Kier molecular flexibility index (Phi) is 5.39. The number of nitrogens with zero attached hydrogens (tertiary/aromatic N) is 3. The Balaban J connectivity index is 1.95. The van der Waals surface area contributed by atoms with Gasteiger partial charge in [-0.1, -0.05) is 0 Å². The van der Waals surface area contributed by atoms with Gasteiger partial charge in [-0.3, -0.25) is 23.8 Å². The van der Waals surface area contributed by atoms with E-state index in [1.54, 1.807) is 23.6 Å². The highest BCUT2D eigenvalue weighted by Crippen LogP contribution is 2.27. The highest BCUT2D eigenvalue weighted by Gasteiger charge is 2.20. The fourth-order valence-corrected chi connectivity index (χ4v) is 3.52. The molecular weight excluding hydrogens is 382 g/mol. The summed E-state index contributed by atoms with van der Waals surface area (Å²) in [5.41, 5.74) is -0.134. The van der Waals surface area contributed by atoms with Gasteiger partial charge in [0.25, 0.3) is 5.56 Å². The third-order valence-corrected chi connectivity index (χ3v) is 4.95. The molecule has 8 nitrogen and oxygen atoms in total. The Labute approximate surface area is 163 Å². The van der Waals surface area contributed by atoms with Crippen LogP contribution in [-0.4, -0.2) is 33.5 Å². The van der Waals surface area contributed by atoms with Crippen LogP contribution in [0.15, 0.2) is 40.6 Å². The number of aromatic hydroxyl groups is 1. The van der Waals surface area contributed by atoms with E-state index >= 15 is 0 Å². The molecule has 0 spiro atoms. The van der Waals surface area contributed by atoms with E-state index in [0.29, 0.717) is 16.0 Å². The molecule has 28 heavy (non-hydrogen) atoms. The molecule has 0 atom stereocenters. The fourth-order valence-electron chi connectivity index (χ4n) is 2.76. The first-order chi connectivity index (χ1) is 13.3. The van der Waals surface area contributed by atoms with Gasteiger partial charge >= 0.3 is 0 Å². The van der Waals surface area contributed by atoms with E-state index in [1.165, 1.54) is 55.3 Å². The number of aromatic nitrogens is 2. The first-order valence-corrected chi connectivity index (χ1v) is 9.05. The quantitative estimate of drug-likeness (QED) is 0.402. The van der Waals surface area contributed by atoms with Crippen LogP contribution in [0.2, 0.25) is 0 Å². The molecule has 144 valence electrons. The summed E-state index contributed by atoms with van der Waals surface area (Å²) in [6, 6.07) is 4.87. The van der Waals surface area contributed by atoms with Crippen molar-refractivity contribution in [2.45, 2.75) is 6.92 Å². The zero-order valence-electron chi connectivity index (χ0n) is 15.4. The molecule has 3 aromatic rings. The van der Waals surface area contributed by atoms with Crippen molar-refractivity contribution in [1.29, 1.82) is 0 Å². The maximum Gasteiger partial charge on any atom is 0.266 e. The summed E-state index contributed by atoms with van der Waals surface area (Å²) in [5, 5.41) is 13.6. The predicted molar refractivity (Wildman–Crippen MR) is 107 cm³/mol. The van der Waals surface area contributed by atoms with E-state index in [4.69, 9.17) is 4.84 Å². The van der Waals surface area contributed by atoms with Crippen molar-refractivity contribution in [3.05, 3.63) is 56.6 Å². The lowest BCUT2D eigenvalue weighted by molar-refractivity contribution is -0.122. The zero-order chi connectivity index (χ0) is 20.4. The molecule has 0 fully saturated rings. The second-order valence-corrected chi connectivity index (χ2v) is 6.81. The van der Waals surface area contributed by atoms with Crippen molar-refractivity contribution in [2.75, 3.05) is 12.2 Å². The number of carbonyl (C=O) groups is 2. The van der Waals surface area contributed by atoms with Gasteiger partial charge in [0.15, 0.2) is 5.78 Å². The van der Waals surface area contributed by atoms with E-state index < -0.39 is 17.1 Å². The lowest BCUT2D eigenvalue weighted by Crippen LogP contribution is -2.26. The molecule has 0 aromatic carbocycles. The number of pyridine rings is 2. The minimum atomic E-state index is -0.632. The molecule has 0 unspecified atom stereocenters. The Hall–Kier alpha value is -3.30. The number of aryl methyl sites for hydroxylation is 1. The van der Waals surface area contributed by atoms with Crippen molar-refractivity contribution in [1.82, 2.24) is 9.55 Å². The van der Waals surface area contributed by atoms with Gasteiger partial charge in [-0.05, 0) is 30.4 Å². The Morgan fingerprint density at radius 1 is 1.39 bits per heavy atom. The molecule has 0 aliphatic rings. The van der Waals surface area contributed by atoms with Crippen LogP contribution in [0.1, 0.15) is 22.2 Å². The van der Waals surface area contributed by atoms with E-state index in [-0.39, 0.29) is 17.1 Å². The number of hydrogen-bond acceptors (Lipinski definition) is 7. The summed E-state index contributed by atoms with van der Waals surface area (Å²) in [6.45, 7) is 1.37. The molecule has 0 aliphatic heterocycles. The predicted octanol–water partition coefficient (Wildman–Crippen LogP) is 2.51. The molecule has 0 saturated heterocycles. The van der Waals surface area contributed by atoms with Gasteiger partial charge in [0.05, 0.1) is 18.2 Å². The van der Waals surface area contributed by atoms with E-state index in [9.17, 15) is 19.5 Å². The summed E-state index contributed by atoms with van der Waals surface area (Å²) >= 11 is 1.29. The maximum atomic E-state index is 12.6. The molecular formula is C19H17N3O5S. The number of hydroxylamine groups is 1. The number of amides is 1. The second kappa shape index (κ2) is 7.75. The summed E-state index contributed by atoms with van der Waals surface area (Å²) in [5.74, 6) is -1.31. The molecule has 3 aromatic heterocycles. The number of rotatable bonds is 5. The summed E-state index contributed by atoms with van der Waals surface area (Å²) < 4.78 is 1.22. The van der Waals surface area contributed by atoms with Gasteiger partial charge in [0, 0.05) is 30.4 Å². The lowest BCUT2D eigenvalue weighted by Gasteiger charge is -2.15. The summed E-state index contributed by atoms with van der Waals surface area (Å²) in [7, 11) is 2.87. The number of fused-ring (bicyclic) bond motifs is 1. The topological polar surface area (TPSA) is 102 Å². The third-order valence-electron chi connectivity index (χ3n) is 4.07. The third kappa shape index (κ3) is 3.45. The molecule has 3 heterocycles.